The zero-order chi connectivity index (χ0) is 11.0. The zero-order valence-corrected chi connectivity index (χ0v) is 11.1. The molecule has 0 aliphatic carbocycles. The number of carbonyl (C=O) groups is 1. The van der Waals surface area contributed by atoms with Gasteiger partial charge in [0.15, 0.2) is 0 Å². The van der Waals surface area contributed by atoms with Gasteiger partial charge in [-0.1, -0.05) is 0 Å². The van der Waals surface area contributed by atoms with Gasteiger partial charge in [0.2, 0.25) is 0 Å². The van der Waals surface area contributed by atoms with Crippen LogP contribution < -0.4 is 0 Å². The summed E-state index contributed by atoms with van der Waals surface area (Å²) in [6, 6.07) is 5.42. The van der Waals surface area contributed by atoms with E-state index in [9.17, 15) is 4.79 Å². The van der Waals surface area contributed by atoms with Crippen LogP contribution >= 0.6 is 38.5 Å². The monoisotopic (exact) mass is 377 g/mol. The van der Waals surface area contributed by atoms with Crippen molar-refractivity contribution in [1.82, 2.24) is 4.98 Å². The van der Waals surface area contributed by atoms with Crippen molar-refractivity contribution in [2.45, 2.75) is 0 Å². The van der Waals surface area contributed by atoms with Crippen LogP contribution in [-0.4, -0.2) is 16.1 Å². The first-order valence-electron chi connectivity index (χ1n) is 4.06. The minimum atomic E-state index is -1.01. The van der Waals surface area contributed by atoms with Gasteiger partial charge in [-0.15, -0.1) is 0 Å². The van der Waals surface area contributed by atoms with Gasteiger partial charge in [0.05, 0.1) is 0 Å². The van der Waals surface area contributed by atoms with Gasteiger partial charge in [-0.3, -0.25) is 0 Å². The second-order valence-corrected chi connectivity index (χ2v) is 5.00. The number of carboxylic acid groups (broad SMARTS) is 1. The van der Waals surface area contributed by atoms with Crippen LogP contribution in [0.1, 0.15) is 10.5 Å². The standard InChI is InChI=1S/C10H5BrINO2/c11-7-1-5-3-9(10(14)15)13-4-6(5)2-8(7)12/h1-4H,(H,14,15). The summed E-state index contributed by atoms with van der Waals surface area (Å²) in [6.45, 7) is 0. The van der Waals surface area contributed by atoms with E-state index in [2.05, 4.69) is 43.5 Å². The first-order chi connectivity index (χ1) is 7.08. The lowest BCUT2D eigenvalue weighted by Gasteiger charge is -2.02. The highest BCUT2D eigenvalue weighted by Crippen LogP contribution is 2.25. The van der Waals surface area contributed by atoms with Gasteiger partial charge < -0.3 is 5.11 Å². The van der Waals surface area contributed by atoms with E-state index in [4.69, 9.17) is 5.11 Å². The van der Waals surface area contributed by atoms with Crippen molar-refractivity contribution in [3.63, 3.8) is 0 Å². The fourth-order valence-corrected chi connectivity index (χ4v) is 2.11. The van der Waals surface area contributed by atoms with Gasteiger partial charge in [0, 0.05) is 19.6 Å². The molecule has 2 aromatic rings. The third-order valence-electron chi connectivity index (χ3n) is 1.98. The molecule has 0 bridgehead atoms. The first kappa shape index (κ1) is 10.8. The maximum atomic E-state index is 10.7. The Morgan fingerprint density at radius 3 is 2.73 bits per heavy atom. The molecular formula is C10H5BrINO2. The Morgan fingerprint density at radius 1 is 1.33 bits per heavy atom. The maximum Gasteiger partial charge on any atom is 0.354 e. The maximum absolute atomic E-state index is 10.7. The van der Waals surface area contributed by atoms with E-state index in [1.54, 1.807) is 12.3 Å². The summed E-state index contributed by atoms with van der Waals surface area (Å²) in [7, 11) is 0. The quantitative estimate of drug-likeness (QED) is 0.776. The summed E-state index contributed by atoms with van der Waals surface area (Å²) in [4.78, 5) is 14.6. The molecule has 15 heavy (non-hydrogen) atoms. The number of nitrogens with zero attached hydrogens (tertiary/aromatic N) is 1. The number of hydrogen-bond acceptors (Lipinski definition) is 2. The SMILES string of the molecule is O=C(O)c1cc2cc(Br)c(I)cc2cn1. The molecular weight excluding hydrogens is 373 g/mol. The van der Waals surface area contributed by atoms with Crippen molar-refractivity contribution >= 4 is 55.3 Å². The molecule has 5 heteroatoms. The lowest BCUT2D eigenvalue weighted by molar-refractivity contribution is 0.0691. The van der Waals surface area contributed by atoms with Crippen LogP contribution in [0, 0.1) is 3.57 Å². The van der Waals surface area contributed by atoms with Crippen molar-refractivity contribution < 1.29 is 9.90 Å². The molecule has 76 valence electrons. The van der Waals surface area contributed by atoms with Crippen LogP contribution in [0.4, 0.5) is 0 Å². The molecule has 0 aliphatic heterocycles. The number of benzene rings is 1. The van der Waals surface area contributed by atoms with Crippen LogP contribution in [0.15, 0.2) is 28.9 Å². The Kier molecular flexibility index (Phi) is 2.92. The van der Waals surface area contributed by atoms with Crippen LogP contribution in [0.3, 0.4) is 0 Å². The minimum Gasteiger partial charge on any atom is -0.477 e. The highest BCUT2D eigenvalue weighted by atomic mass is 127. The lowest BCUT2D eigenvalue weighted by Crippen LogP contribution is -1.99. The van der Waals surface area contributed by atoms with Crippen LogP contribution in [0.25, 0.3) is 10.8 Å². The molecule has 0 amide bonds. The Labute approximate surface area is 108 Å². The highest BCUT2D eigenvalue weighted by Gasteiger charge is 2.06. The third-order valence-corrected chi connectivity index (χ3v) is 4.27. The van der Waals surface area contributed by atoms with E-state index < -0.39 is 5.97 Å². The van der Waals surface area contributed by atoms with Crippen molar-refractivity contribution in [3.05, 3.63) is 38.1 Å². The number of fused-ring (bicyclic) bond motifs is 1. The van der Waals surface area contributed by atoms with Crippen LogP contribution in [-0.2, 0) is 0 Å². The Balaban J connectivity index is 2.72. The highest BCUT2D eigenvalue weighted by molar-refractivity contribution is 14.1. The summed E-state index contributed by atoms with van der Waals surface area (Å²) in [5, 5.41) is 10.6. The predicted octanol–water partition coefficient (Wildman–Crippen LogP) is 3.30. The Hall–Kier alpha value is -0.690. The molecule has 1 heterocycles. The number of rotatable bonds is 1. The van der Waals surface area contributed by atoms with Crippen LogP contribution in [0.5, 0.6) is 0 Å². The fraction of sp³-hybridized carbons (Fsp3) is 0. The van der Waals surface area contributed by atoms with E-state index in [0.29, 0.717) is 0 Å². The van der Waals surface area contributed by atoms with E-state index in [1.165, 1.54) is 0 Å². The Morgan fingerprint density at radius 2 is 2.07 bits per heavy atom. The van der Waals surface area contributed by atoms with E-state index in [-0.39, 0.29) is 5.69 Å². The fourth-order valence-electron chi connectivity index (χ4n) is 1.26. The molecule has 2 rings (SSSR count). The normalized spacial score (nSPS) is 10.5. The number of carboxylic acids is 1. The van der Waals surface area contributed by atoms with Gasteiger partial charge in [0.25, 0.3) is 0 Å². The summed E-state index contributed by atoms with van der Waals surface area (Å²) in [6.07, 6.45) is 1.58. The molecule has 0 spiro atoms. The summed E-state index contributed by atoms with van der Waals surface area (Å²) < 4.78 is 2.03. The Bertz CT molecular complexity index is 556. The third kappa shape index (κ3) is 2.12. The molecule has 0 unspecified atom stereocenters. The molecule has 1 aromatic heterocycles. The second-order valence-electron chi connectivity index (χ2n) is 2.99. The molecule has 1 N–H and O–H groups in total. The molecule has 3 nitrogen and oxygen atoms in total. The van der Waals surface area contributed by atoms with Crippen molar-refractivity contribution in [1.29, 1.82) is 0 Å². The zero-order valence-electron chi connectivity index (χ0n) is 7.37. The first-order valence-corrected chi connectivity index (χ1v) is 5.93. The number of aromatic nitrogens is 1. The number of halogens is 2. The summed E-state index contributed by atoms with van der Waals surface area (Å²) in [5.74, 6) is -1.01. The lowest BCUT2D eigenvalue weighted by atomic mass is 10.1. The van der Waals surface area contributed by atoms with Gasteiger partial charge in [-0.25, -0.2) is 9.78 Å². The van der Waals surface area contributed by atoms with Crippen LogP contribution in [0.2, 0.25) is 0 Å². The van der Waals surface area contributed by atoms with Crippen molar-refractivity contribution in [2.75, 3.05) is 0 Å². The van der Waals surface area contributed by atoms with Crippen molar-refractivity contribution in [2.24, 2.45) is 0 Å². The molecule has 0 aliphatic rings. The molecule has 0 atom stereocenters. The summed E-state index contributed by atoms with van der Waals surface area (Å²) >= 11 is 5.61. The largest absolute Gasteiger partial charge is 0.477 e. The van der Waals surface area contributed by atoms with Gasteiger partial charge in [-0.05, 0) is 62.1 Å². The average molecular weight is 378 g/mol. The van der Waals surface area contributed by atoms with E-state index in [0.717, 1.165) is 18.8 Å². The minimum absolute atomic E-state index is 0.0654. The summed E-state index contributed by atoms with van der Waals surface area (Å²) in [5.41, 5.74) is 0.0654. The van der Waals surface area contributed by atoms with E-state index in [1.807, 2.05) is 12.1 Å². The topological polar surface area (TPSA) is 50.2 Å². The number of pyridine rings is 1. The van der Waals surface area contributed by atoms with Crippen molar-refractivity contribution in [3.8, 4) is 0 Å². The molecule has 0 saturated heterocycles. The van der Waals surface area contributed by atoms with E-state index >= 15 is 0 Å². The predicted molar refractivity (Wildman–Crippen MR) is 69.1 cm³/mol. The van der Waals surface area contributed by atoms with Gasteiger partial charge in [0.1, 0.15) is 5.69 Å². The smallest absolute Gasteiger partial charge is 0.354 e. The molecule has 0 saturated carbocycles. The van der Waals surface area contributed by atoms with Gasteiger partial charge >= 0.3 is 5.97 Å². The molecule has 1 aromatic carbocycles. The molecule has 0 radical (unpaired) electrons. The second kappa shape index (κ2) is 4.05. The number of aromatic carboxylic acids is 1. The number of hydrogen-bond donors (Lipinski definition) is 1. The van der Waals surface area contributed by atoms with Gasteiger partial charge in [-0.2, -0.15) is 0 Å². The molecule has 0 fully saturated rings. The average Bonchev–Trinajstić information content (AvgIpc) is 2.19.